The highest BCUT2D eigenvalue weighted by Crippen LogP contribution is 2.26. The first-order chi connectivity index (χ1) is 11.3. The van der Waals surface area contributed by atoms with Crippen LogP contribution >= 0.6 is 11.6 Å². The first kappa shape index (κ1) is 16.6. The van der Waals surface area contributed by atoms with E-state index in [1.807, 2.05) is 19.1 Å². The molecule has 126 valence electrons. The Morgan fingerprint density at radius 3 is 2.58 bits per heavy atom. The van der Waals surface area contributed by atoms with Crippen LogP contribution in [0.15, 0.2) is 30.3 Å². The van der Waals surface area contributed by atoms with Crippen molar-refractivity contribution < 1.29 is 4.39 Å². The predicted molar refractivity (Wildman–Crippen MR) is 92.9 cm³/mol. The van der Waals surface area contributed by atoms with Gasteiger partial charge in [0.1, 0.15) is 11.6 Å². The van der Waals surface area contributed by atoms with Gasteiger partial charge < -0.3 is 5.32 Å². The van der Waals surface area contributed by atoms with E-state index in [9.17, 15) is 4.39 Å². The molecule has 7 heteroatoms. The van der Waals surface area contributed by atoms with E-state index in [1.165, 1.54) is 12.1 Å². The minimum Gasteiger partial charge on any atom is -0.362 e. The fraction of sp³-hybridized carbons (Fsp3) is 0.353. The Balaban J connectivity index is 1.92. The van der Waals surface area contributed by atoms with Crippen LogP contribution in [0.1, 0.15) is 45.1 Å². The summed E-state index contributed by atoms with van der Waals surface area (Å²) in [5.74, 6) is 1.10. The molecule has 0 aliphatic rings. The van der Waals surface area contributed by atoms with Crippen molar-refractivity contribution in [3.05, 3.63) is 52.6 Å². The van der Waals surface area contributed by atoms with Crippen molar-refractivity contribution >= 4 is 23.1 Å². The fourth-order valence-electron chi connectivity index (χ4n) is 2.49. The molecule has 1 aromatic carbocycles. The zero-order chi connectivity index (χ0) is 17.5. The molecular weight excluding hydrogens is 329 g/mol. The van der Waals surface area contributed by atoms with Gasteiger partial charge in [0.05, 0.1) is 6.04 Å². The first-order valence-electron chi connectivity index (χ1n) is 7.70. The van der Waals surface area contributed by atoms with Crippen molar-refractivity contribution in [1.29, 1.82) is 0 Å². The molecule has 0 radical (unpaired) electrons. The van der Waals surface area contributed by atoms with E-state index in [2.05, 4.69) is 41.4 Å². The summed E-state index contributed by atoms with van der Waals surface area (Å²) >= 11 is 6.13. The van der Waals surface area contributed by atoms with E-state index in [0.717, 1.165) is 11.4 Å². The Hall–Kier alpha value is -2.21. The largest absolute Gasteiger partial charge is 0.362 e. The maximum absolute atomic E-state index is 13.2. The summed E-state index contributed by atoms with van der Waals surface area (Å²) in [6.07, 6.45) is 0. The maximum Gasteiger partial charge on any atom is 0.178 e. The van der Waals surface area contributed by atoms with E-state index in [4.69, 9.17) is 11.6 Å². The van der Waals surface area contributed by atoms with E-state index < -0.39 is 0 Å². The molecule has 5 nitrogen and oxygen atoms in total. The number of nitrogens with one attached hydrogen (secondary N) is 1. The molecule has 0 amide bonds. The number of aromatic nitrogens is 4. The van der Waals surface area contributed by atoms with Gasteiger partial charge in [-0.1, -0.05) is 38.4 Å². The number of halogens is 2. The molecule has 24 heavy (non-hydrogen) atoms. The lowest BCUT2D eigenvalue weighted by Gasteiger charge is -2.18. The van der Waals surface area contributed by atoms with Gasteiger partial charge in [0.2, 0.25) is 0 Å². The average molecular weight is 348 g/mol. The summed E-state index contributed by atoms with van der Waals surface area (Å²) in [4.78, 5) is 0. The van der Waals surface area contributed by atoms with Gasteiger partial charge in [-0.25, -0.2) is 4.39 Å². The lowest BCUT2D eigenvalue weighted by Crippen LogP contribution is -2.18. The van der Waals surface area contributed by atoms with Gasteiger partial charge >= 0.3 is 0 Å². The summed E-state index contributed by atoms with van der Waals surface area (Å²) in [7, 11) is 0. The van der Waals surface area contributed by atoms with Gasteiger partial charge in [-0.2, -0.15) is 4.52 Å². The van der Waals surface area contributed by atoms with Crippen molar-refractivity contribution in [1.82, 2.24) is 19.8 Å². The number of hydrogen-bond donors (Lipinski definition) is 1. The summed E-state index contributed by atoms with van der Waals surface area (Å²) in [6.45, 7) is 8.13. The third kappa shape index (κ3) is 3.19. The molecule has 1 atom stereocenters. The minimum atomic E-state index is -0.352. The molecule has 2 aromatic heterocycles. The standard InChI is InChI=1S/C17H19ClFN5/c1-10(12-6-5-11(19)9-13(12)18)20-14-7-8-15-21-22-16(17(2,3)4)24(15)23-14/h5-10H,1-4H3,(H,20,23). The van der Waals surface area contributed by atoms with Crippen molar-refractivity contribution in [3.8, 4) is 0 Å². The smallest absolute Gasteiger partial charge is 0.178 e. The molecular formula is C17H19ClFN5. The molecule has 0 saturated carbocycles. The Kier molecular flexibility index (Phi) is 4.17. The lowest BCUT2D eigenvalue weighted by atomic mass is 9.96. The fourth-order valence-corrected chi connectivity index (χ4v) is 2.82. The Morgan fingerprint density at radius 1 is 1.17 bits per heavy atom. The second-order valence-electron chi connectivity index (χ2n) is 6.79. The van der Waals surface area contributed by atoms with Crippen LogP contribution in [0.2, 0.25) is 5.02 Å². The van der Waals surface area contributed by atoms with Gasteiger partial charge in [-0.3, -0.25) is 0 Å². The SMILES string of the molecule is CC(Nc1ccc2nnc(C(C)(C)C)n2n1)c1ccc(F)cc1Cl. The molecule has 0 saturated heterocycles. The summed E-state index contributed by atoms with van der Waals surface area (Å²) < 4.78 is 14.9. The van der Waals surface area contributed by atoms with E-state index in [-0.39, 0.29) is 17.3 Å². The van der Waals surface area contributed by atoms with Gasteiger partial charge in [0, 0.05) is 10.4 Å². The highest BCUT2D eigenvalue weighted by atomic mass is 35.5. The van der Waals surface area contributed by atoms with Crippen LogP contribution in [-0.2, 0) is 5.41 Å². The van der Waals surface area contributed by atoms with Gasteiger partial charge in [-0.05, 0) is 36.8 Å². The third-order valence-corrected chi connectivity index (χ3v) is 4.05. The van der Waals surface area contributed by atoms with Crippen LogP contribution in [0.5, 0.6) is 0 Å². The molecule has 3 aromatic rings. The molecule has 1 N–H and O–H groups in total. The zero-order valence-electron chi connectivity index (χ0n) is 14.0. The Bertz CT molecular complexity index is 884. The Labute approximate surface area is 144 Å². The number of nitrogens with zero attached hydrogens (tertiary/aromatic N) is 4. The monoisotopic (exact) mass is 347 g/mol. The number of rotatable bonds is 3. The number of anilines is 1. The molecule has 0 aliphatic carbocycles. The molecule has 0 bridgehead atoms. The minimum absolute atomic E-state index is 0.127. The van der Waals surface area contributed by atoms with Crippen LogP contribution < -0.4 is 5.32 Å². The van der Waals surface area contributed by atoms with Gasteiger partial charge in [0.25, 0.3) is 0 Å². The molecule has 0 aliphatic heterocycles. The van der Waals surface area contributed by atoms with Crippen LogP contribution in [0.3, 0.4) is 0 Å². The van der Waals surface area contributed by atoms with Gasteiger partial charge in [-0.15, -0.1) is 15.3 Å². The topological polar surface area (TPSA) is 55.1 Å². The second-order valence-corrected chi connectivity index (χ2v) is 7.20. The third-order valence-electron chi connectivity index (χ3n) is 3.73. The summed E-state index contributed by atoms with van der Waals surface area (Å²) in [5.41, 5.74) is 1.33. The number of hydrogen-bond acceptors (Lipinski definition) is 4. The van der Waals surface area contributed by atoms with Crippen molar-refractivity contribution in [3.63, 3.8) is 0 Å². The van der Waals surface area contributed by atoms with Crippen LogP contribution in [0.4, 0.5) is 10.2 Å². The quantitative estimate of drug-likeness (QED) is 0.763. The number of fused-ring (bicyclic) bond motifs is 1. The molecule has 2 heterocycles. The number of benzene rings is 1. The van der Waals surface area contributed by atoms with Crippen LogP contribution in [-0.4, -0.2) is 19.8 Å². The predicted octanol–water partition coefficient (Wildman–Crippen LogP) is 4.39. The molecule has 1 unspecified atom stereocenters. The second kappa shape index (κ2) is 6.02. The average Bonchev–Trinajstić information content (AvgIpc) is 2.90. The van der Waals surface area contributed by atoms with Crippen molar-refractivity contribution in [2.75, 3.05) is 5.32 Å². The van der Waals surface area contributed by atoms with E-state index in [1.54, 1.807) is 10.6 Å². The molecule has 3 rings (SSSR count). The highest BCUT2D eigenvalue weighted by Gasteiger charge is 2.22. The summed E-state index contributed by atoms with van der Waals surface area (Å²) in [6, 6.07) is 7.95. The maximum atomic E-state index is 13.2. The summed E-state index contributed by atoms with van der Waals surface area (Å²) in [5, 5.41) is 16.6. The van der Waals surface area contributed by atoms with E-state index >= 15 is 0 Å². The van der Waals surface area contributed by atoms with Crippen molar-refractivity contribution in [2.45, 2.75) is 39.2 Å². The lowest BCUT2D eigenvalue weighted by molar-refractivity contribution is 0.527. The van der Waals surface area contributed by atoms with Gasteiger partial charge in [0.15, 0.2) is 11.5 Å². The van der Waals surface area contributed by atoms with Crippen LogP contribution in [0, 0.1) is 5.82 Å². The Morgan fingerprint density at radius 2 is 1.92 bits per heavy atom. The normalized spacial score (nSPS) is 13.2. The zero-order valence-corrected chi connectivity index (χ0v) is 14.8. The molecule has 0 fully saturated rings. The highest BCUT2D eigenvalue weighted by molar-refractivity contribution is 6.31. The first-order valence-corrected chi connectivity index (χ1v) is 8.08. The molecule has 0 spiro atoms. The van der Waals surface area contributed by atoms with Crippen LogP contribution in [0.25, 0.3) is 5.65 Å². The van der Waals surface area contributed by atoms with E-state index in [0.29, 0.717) is 16.5 Å². The van der Waals surface area contributed by atoms with Crippen molar-refractivity contribution in [2.24, 2.45) is 0 Å².